The van der Waals surface area contributed by atoms with Crippen molar-refractivity contribution in [3.63, 3.8) is 0 Å². The Hall–Kier alpha value is -2.34. The highest BCUT2D eigenvalue weighted by atomic mass is 79.9. The Morgan fingerprint density at radius 1 is 1.36 bits per heavy atom. The molecule has 1 aliphatic rings. The van der Waals surface area contributed by atoms with Gasteiger partial charge in [-0.25, -0.2) is 0 Å². The van der Waals surface area contributed by atoms with E-state index in [9.17, 15) is 4.79 Å². The lowest BCUT2D eigenvalue weighted by molar-refractivity contribution is -0.113. The largest absolute Gasteiger partial charge is 0.481 e. The molecule has 5 nitrogen and oxygen atoms in total. The Morgan fingerprint density at radius 2 is 2.12 bits per heavy atom. The molecule has 0 saturated heterocycles. The minimum absolute atomic E-state index is 0.0255. The zero-order valence-corrected chi connectivity index (χ0v) is 16.0. The van der Waals surface area contributed by atoms with Crippen molar-refractivity contribution in [1.82, 2.24) is 4.98 Å². The molecule has 0 saturated carbocycles. The van der Waals surface area contributed by atoms with Crippen molar-refractivity contribution in [1.29, 1.82) is 0 Å². The summed E-state index contributed by atoms with van der Waals surface area (Å²) in [6.45, 7) is 9.89. The van der Waals surface area contributed by atoms with Crippen molar-refractivity contribution in [3.8, 4) is 11.6 Å². The van der Waals surface area contributed by atoms with Crippen LogP contribution in [0.15, 0.2) is 41.4 Å². The molecule has 1 unspecified atom stereocenters. The molecular formula is C19H19BrN2O3. The lowest BCUT2D eigenvalue weighted by atomic mass is 10.1. The second-order valence-corrected chi connectivity index (χ2v) is 6.83. The van der Waals surface area contributed by atoms with Crippen molar-refractivity contribution in [2.45, 2.75) is 26.9 Å². The Bertz CT molecular complexity index is 851. The molecule has 1 amide bonds. The number of pyridine rings is 1. The number of benzene rings is 1. The molecule has 0 N–H and O–H groups in total. The van der Waals surface area contributed by atoms with Crippen LogP contribution in [0.4, 0.5) is 11.5 Å². The summed E-state index contributed by atoms with van der Waals surface area (Å²) in [5.41, 5.74) is 2.72. The third kappa shape index (κ3) is 3.39. The average molecular weight is 403 g/mol. The van der Waals surface area contributed by atoms with E-state index in [2.05, 4.69) is 27.5 Å². The highest BCUT2D eigenvalue weighted by Crippen LogP contribution is 2.36. The van der Waals surface area contributed by atoms with Gasteiger partial charge in [0.15, 0.2) is 5.75 Å². The van der Waals surface area contributed by atoms with Crippen LogP contribution in [-0.2, 0) is 4.79 Å². The first-order valence-electron chi connectivity index (χ1n) is 7.94. The van der Waals surface area contributed by atoms with E-state index < -0.39 is 0 Å². The van der Waals surface area contributed by atoms with Crippen LogP contribution in [0.25, 0.3) is 0 Å². The highest BCUT2D eigenvalue weighted by Gasteiger charge is 2.24. The molecule has 0 spiro atoms. The molecule has 1 aliphatic heterocycles. The summed E-state index contributed by atoms with van der Waals surface area (Å²) in [4.78, 5) is 18.6. The monoisotopic (exact) mass is 402 g/mol. The summed E-state index contributed by atoms with van der Waals surface area (Å²) in [6.07, 6.45) is 1.25. The number of hydrogen-bond acceptors (Lipinski definition) is 4. The zero-order chi connectivity index (χ0) is 18.1. The fourth-order valence-corrected chi connectivity index (χ4v) is 3.09. The van der Waals surface area contributed by atoms with E-state index in [0.29, 0.717) is 24.1 Å². The number of halogens is 1. The first kappa shape index (κ1) is 17.5. The van der Waals surface area contributed by atoms with Gasteiger partial charge in [-0.2, -0.15) is 4.98 Å². The summed E-state index contributed by atoms with van der Waals surface area (Å²) in [5.74, 6) is 1.18. The maximum atomic E-state index is 12.6. The van der Waals surface area contributed by atoms with Crippen LogP contribution in [0.5, 0.6) is 11.6 Å². The van der Waals surface area contributed by atoms with E-state index in [-0.39, 0.29) is 12.0 Å². The Labute approximate surface area is 155 Å². The number of fused-ring (bicyclic) bond motifs is 1. The molecule has 2 heterocycles. The van der Waals surface area contributed by atoms with Crippen LogP contribution in [0.3, 0.4) is 0 Å². The minimum Gasteiger partial charge on any atom is -0.481 e. The predicted octanol–water partition coefficient (Wildman–Crippen LogP) is 4.47. The number of ether oxygens (including phenoxy) is 2. The van der Waals surface area contributed by atoms with Crippen LogP contribution < -0.4 is 14.4 Å². The van der Waals surface area contributed by atoms with Crippen molar-refractivity contribution < 1.29 is 14.3 Å². The number of carbonyl (C=O) groups excluding carboxylic acids is 1. The Balaban J connectivity index is 2.10. The second-order valence-electron chi connectivity index (χ2n) is 5.98. The molecule has 130 valence electrons. The minimum atomic E-state index is -0.262. The van der Waals surface area contributed by atoms with E-state index in [0.717, 1.165) is 21.3 Å². The summed E-state index contributed by atoms with van der Waals surface area (Å²) in [5, 5.41) is 0. The maximum Gasteiger partial charge on any atom is 0.259 e. The van der Waals surface area contributed by atoms with Crippen LogP contribution in [-0.4, -0.2) is 23.6 Å². The first-order chi connectivity index (χ1) is 11.9. The molecule has 2 aromatic rings. The predicted molar refractivity (Wildman–Crippen MR) is 101 cm³/mol. The molecule has 1 aromatic carbocycles. The molecule has 1 aromatic heterocycles. The fraction of sp³-hybridized carbons (Fsp3) is 0.263. The summed E-state index contributed by atoms with van der Waals surface area (Å²) in [7, 11) is 0. The summed E-state index contributed by atoms with van der Waals surface area (Å²) in [6, 6.07) is 7.45. The lowest BCUT2D eigenvalue weighted by Gasteiger charge is -2.27. The molecule has 3 rings (SSSR count). The smallest absolute Gasteiger partial charge is 0.259 e. The van der Waals surface area contributed by atoms with Gasteiger partial charge in [-0.3, -0.25) is 9.69 Å². The first-order valence-corrected chi connectivity index (χ1v) is 8.73. The van der Waals surface area contributed by atoms with Crippen LogP contribution >= 0.6 is 15.9 Å². The van der Waals surface area contributed by atoms with E-state index in [1.165, 1.54) is 11.0 Å². The van der Waals surface area contributed by atoms with Gasteiger partial charge in [0, 0.05) is 4.47 Å². The van der Waals surface area contributed by atoms with Gasteiger partial charge in [-0.1, -0.05) is 22.5 Å². The number of nitrogens with zero attached hydrogens (tertiary/aromatic N) is 2. The van der Waals surface area contributed by atoms with E-state index in [1.54, 1.807) is 12.1 Å². The van der Waals surface area contributed by atoms with Gasteiger partial charge >= 0.3 is 0 Å². The molecule has 0 radical (unpaired) electrons. The maximum absolute atomic E-state index is 12.6. The van der Waals surface area contributed by atoms with E-state index >= 15 is 0 Å². The quantitative estimate of drug-likeness (QED) is 0.710. The van der Waals surface area contributed by atoms with Crippen molar-refractivity contribution >= 4 is 33.3 Å². The normalized spacial score (nSPS) is 15.6. The van der Waals surface area contributed by atoms with Gasteiger partial charge in [-0.15, -0.1) is 0 Å². The number of aromatic nitrogens is 1. The van der Waals surface area contributed by atoms with Crippen molar-refractivity contribution in [3.05, 3.63) is 52.5 Å². The third-order valence-corrected chi connectivity index (χ3v) is 4.79. The molecule has 6 heteroatoms. The lowest BCUT2D eigenvalue weighted by Crippen LogP contribution is -2.28. The van der Waals surface area contributed by atoms with Gasteiger partial charge in [0.05, 0.1) is 5.69 Å². The molecule has 25 heavy (non-hydrogen) atoms. The van der Waals surface area contributed by atoms with E-state index in [1.807, 2.05) is 32.9 Å². The zero-order valence-electron chi connectivity index (χ0n) is 14.4. The highest BCUT2D eigenvalue weighted by molar-refractivity contribution is 9.10. The van der Waals surface area contributed by atoms with Gasteiger partial charge < -0.3 is 9.47 Å². The van der Waals surface area contributed by atoms with Crippen LogP contribution in [0.1, 0.15) is 18.1 Å². The van der Waals surface area contributed by atoms with Crippen LogP contribution in [0, 0.1) is 13.8 Å². The summed E-state index contributed by atoms with van der Waals surface area (Å²) >= 11 is 3.52. The Morgan fingerprint density at radius 3 is 2.84 bits per heavy atom. The van der Waals surface area contributed by atoms with Crippen LogP contribution in [0.2, 0.25) is 0 Å². The molecule has 0 bridgehead atoms. The Kier molecular flexibility index (Phi) is 4.81. The topological polar surface area (TPSA) is 51.7 Å². The molecular weight excluding hydrogens is 384 g/mol. The number of hydrogen-bond donors (Lipinski definition) is 0. The average Bonchev–Trinajstić information content (AvgIpc) is 2.59. The van der Waals surface area contributed by atoms with Gasteiger partial charge in [0.25, 0.3) is 11.8 Å². The number of rotatable bonds is 3. The van der Waals surface area contributed by atoms with Gasteiger partial charge in [-0.05, 0) is 62.2 Å². The third-order valence-electron chi connectivity index (χ3n) is 3.94. The summed E-state index contributed by atoms with van der Waals surface area (Å²) < 4.78 is 12.3. The van der Waals surface area contributed by atoms with Gasteiger partial charge in [0.2, 0.25) is 0 Å². The van der Waals surface area contributed by atoms with E-state index in [4.69, 9.17) is 9.47 Å². The standard InChI is InChI=1S/C19H19BrN2O3/c1-5-18(23)22(15-9-11(2)14(20)8-12(15)3)17-7-6-16-19(21-17)24-10-13(4)25-16/h5-9,13H,1,10H2,2-4H3. The number of anilines is 2. The fourth-order valence-electron chi connectivity index (χ4n) is 2.64. The second kappa shape index (κ2) is 6.88. The van der Waals surface area contributed by atoms with Gasteiger partial charge in [0.1, 0.15) is 18.5 Å². The SMILES string of the molecule is C=CC(=O)N(c1ccc2c(n1)OCC(C)O2)c1cc(C)c(Br)cc1C. The number of carbonyl (C=O) groups is 1. The number of aryl methyl sites for hydroxylation is 2. The number of amides is 1. The molecule has 1 atom stereocenters. The van der Waals surface area contributed by atoms with Crippen molar-refractivity contribution in [2.24, 2.45) is 0 Å². The van der Waals surface area contributed by atoms with Crippen molar-refractivity contribution in [2.75, 3.05) is 11.5 Å². The molecule has 0 aliphatic carbocycles. The molecule has 0 fully saturated rings.